The zero-order chi connectivity index (χ0) is 23.0. The molecule has 0 fully saturated rings. The van der Waals surface area contributed by atoms with Crippen molar-refractivity contribution < 1.29 is 32.6 Å². The second-order valence-corrected chi connectivity index (χ2v) is 7.14. The van der Waals surface area contributed by atoms with Crippen LogP contribution in [-0.2, 0) is 17.5 Å². The molecule has 4 rings (SSSR count). The van der Waals surface area contributed by atoms with Gasteiger partial charge in [-0.2, -0.15) is 13.2 Å². The van der Waals surface area contributed by atoms with Gasteiger partial charge in [-0.05, 0) is 35.9 Å². The number of benzene rings is 3. The van der Waals surface area contributed by atoms with Crippen molar-refractivity contribution in [2.75, 3.05) is 6.61 Å². The summed E-state index contributed by atoms with van der Waals surface area (Å²) in [6.45, 7) is -0.762. The number of carbonyl (C=O) groups excluding carboxylic acids is 1. The number of carbonyl (C=O) groups is 2. The fraction of sp³-hybridized carbons (Fsp3) is 0.130. The van der Waals surface area contributed by atoms with Crippen molar-refractivity contribution in [2.24, 2.45) is 5.73 Å². The third kappa shape index (κ3) is 3.73. The molecule has 0 spiro atoms. The summed E-state index contributed by atoms with van der Waals surface area (Å²) in [6.07, 6.45) is -4.54. The van der Waals surface area contributed by atoms with Gasteiger partial charge in [-0.25, -0.2) is 4.79 Å². The van der Waals surface area contributed by atoms with E-state index in [4.69, 9.17) is 15.6 Å². The maximum Gasteiger partial charge on any atom is 0.416 e. The van der Waals surface area contributed by atoms with Gasteiger partial charge in [0.15, 0.2) is 6.61 Å². The van der Waals surface area contributed by atoms with Crippen LogP contribution in [0.3, 0.4) is 0 Å². The SMILES string of the molecule is NC(=O)c1cccc2c1c1c(OCC(=O)O)cccc1n2Cc1ccccc1C(F)(F)F. The smallest absolute Gasteiger partial charge is 0.416 e. The Morgan fingerprint density at radius 3 is 2.25 bits per heavy atom. The number of nitrogens with zero attached hydrogens (tertiary/aromatic N) is 1. The predicted molar refractivity (Wildman–Crippen MR) is 112 cm³/mol. The topological polar surface area (TPSA) is 94.6 Å². The quantitative estimate of drug-likeness (QED) is 0.462. The van der Waals surface area contributed by atoms with Crippen LogP contribution in [-0.4, -0.2) is 28.2 Å². The van der Waals surface area contributed by atoms with Gasteiger partial charge in [0.25, 0.3) is 0 Å². The average Bonchev–Trinajstić information content (AvgIpc) is 3.06. The third-order valence-corrected chi connectivity index (χ3v) is 5.15. The van der Waals surface area contributed by atoms with Crippen LogP contribution in [0.25, 0.3) is 21.8 Å². The molecular formula is C23H17F3N2O4. The van der Waals surface area contributed by atoms with E-state index in [1.807, 2.05) is 0 Å². The number of carboxylic acids is 1. The van der Waals surface area contributed by atoms with Gasteiger partial charge < -0.3 is 20.1 Å². The molecule has 0 radical (unpaired) electrons. The molecule has 3 N–H and O–H groups in total. The number of fused-ring (bicyclic) bond motifs is 3. The maximum absolute atomic E-state index is 13.6. The highest BCUT2D eigenvalue weighted by molar-refractivity contribution is 6.19. The van der Waals surface area contributed by atoms with Crippen LogP contribution in [0, 0.1) is 0 Å². The van der Waals surface area contributed by atoms with Crippen molar-refractivity contribution in [1.29, 1.82) is 0 Å². The van der Waals surface area contributed by atoms with E-state index in [2.05, 4.69) is 0 Å². The predicted octanol–water partition coefficient (Wildman–Crippen LogP) is 4.42. The Balaban J connectivity index is 2.02. The summed E-state index contributed by atoms with van der Waals surface area (Å²) in [5.74, 6) is -1.73. The van der Waals surface area contributed by atoms with Crippen LogP contribution in [0.4, 0.5) is 13.2 Å². The summed E-state index contributed by atoms with van der Waals surface area (Å²) in [5, 5.41) is 9.79. The number of rotatable bonds is 6. The Morgan fingerprint density at radius 2 is 1.59 bits per heavy atom. The van der Waals surface area contributed by atoms with E-state index in [1.165, 1.54) is 30.3 Å². The second kappa shape index (κ2) is 7.92. The largest absolute Gasteiger partial charge is 0.481 e. The fourth-order valence-electron chi connectivity index (χ4n) is 3.89. The molecule has 6 nitrogen and oxygen atoms in total. The maximum atomic E-state index is 13.6. The van der Waals surface area contributed by atoms with Crippen LogP contribution < -0.4 is 10.5 Å². The highest BCUT2D eigenvalue weighted by Crippen LogP contribution is 2.39. The van der Waals surface area contributed by atoms with Crippen LogP contribution in [0.2, 0.25) is 0 Å². The summed E-state index contributed by atoms with van der Waals surface area (Å²) >= 11 is 0. The molecule has 1 heterocycles. The van der Waals surface area contributed by atoms with Crippen LogP contribution in [0.5, 0.6) is 5.75 Å². The summed E-state index contributed by atoms with van der Waals surface area (Å²) in [6, 6.07) is 14.8. The Bertz CT molecular complexity index is 1360. The van der Waals surface area contributed by atoms with Gasteiger partial charge in [-0.15, -0.1) is 0 Å². The van der Waals surface area contributed by atoms with Gasteiger partial charge in [0.1, 0.15) is 5.75 Å². The van der Waals surface area contributed by atoms with Gasteiger partial charge in [-0.1, -0.05) is 30.3 Å². The number of aliphatic carboxylic acids is 1. The minimum atomic E-state index is -4.54. The molecule has 0 saturated carbocycles. The van der Waals surface area contributed by atoms with Crippen molar-refractivity contribution in [2.45, 2.75) is 12.7 Å². The molecule has 164 valence electrons. The van der Waals surface area contributed by atoms with Crippen LogP contribution >= 0.6 is 0 Å². The lowest BCUT2D eigenvalue weighted by molar-refractivity contribution is -0.139. The fourth-order valence-corrected chi connectivity index (χ4v) is 3.89. The number of halogens is 3. The highest BCUT2D eigenvalue weighted by atomic mass is 19.4. The molecule has 0 aliphatic rings. The summed E-state index contributed by atoms with van der Waals surface area (Å²) in [7, 11) is 0. The number of amides is 1. The van der Waals surface area contributed by atoms with Crippen molar-refractivity contribution in [3.05, 3.63) is 77.4 Å². The van der Waals surface area contributed by atoms with Crippen molar-refractivity contribution in [3.8, 4) is 5.75 Å². The molecule has 32 heavy (non-hydrogen) atoms. The normalized spacial score (nSPS) is 11.7. The first-order valence-electron chi connectivity index (χ1n) is 9.52. The Morgan fingerprint density at radius 1 is 0.938 bits per heavy atom. The minimum Gasteiger partial charge on any atom is -0.481 e. The van der Waals surface area contributed by atoms with E-state index in [9.17, 15) is 22.8 Å². The molecule has 3 aromatic carbocycles. The number of alkyl halides is 3. The number of aromatic nitrogens is 1. The molecular weight excluding hydrogens is 425 g/mol. The van der Waals surface area contributed by atoms with Crippen molar-refractivity contribution in [1.82, 2.24) is 4.57 Å². The van der Waals surface area contributed by atoms with Crippen molar-refractivity contribution >= 4 is 33.7 Å². The lowest BCUT2D eigenvalue weighted by Crippen LogP contribution is -2.12. The Kier molecular flexibility index (Phi) is 5.25. The molecule has 9 heteroatoms. The van der Waals surface area contributed by atoms with E-state index in [0.717, 1.165) is 6.07 Å². The molecule has 1 amide bonds. The van der Waals surface area contributed by atoms with Crippen LogP contribution in [0.1, 0.15) is 21.5 Å². The number of nitrogens with two attached hydrogens (primary N) is 1. The highest BCUT2D eigenvalue weighted by Gasteiger charge is 2.33. The van der Waals surface area contributed by atoms with Crippen molar-refractivity contribution in [3.63, 3.8) is 0 Å². The van der Waals surface area contributed by atoms with E-state index >= 15 is 0 Å². The lowest BCUT2D eigenvalue weighted by atomic mass is 10.1. The molecule has 4 aromatic rings. The van der Waals surface area contributed by atoms with E-state index in [-0.39, 0.29) is 23.4 Å². The second-order valence-electron chi connectivity index (χ2n) is 7.14. The molecule has 1 aromatic heterocycles. The number of carboxylic acid groups (broad SMARTS) is 1. The summed E-state index contributed by atoms with van der Waals surface area (Å²) in [4.78, 5) is 23.1. The van der Waals surface area contributed by atoms with Gasteiger partial charge in [0.2, 0.25) is 5.91 Å². The van der Waals surface area contributed by atoms with Gasteiger partial charge in [0.05, 0.1) is 22.0 Å². The number of primary amides is 1. The first-order valence-corrected chi connectivity index (χ1v) is 9.52. The minimum absolute atomic E-state index is 0.0418. The Hall–Kier alpha value is -4.01. The standard InChI is InChI=1S/C23H17F3N2O4/c24-23(25,26)15-7-2-1-5-13(15)11-28-16-8-3-6-14(22(27)31)20(16)21-17(28)9-4-10-18(21)32-12-19(29)30/h1-10H,11-12H2,(H2,27,31)(H,29,30). The average molecular weight is 442 g/mol. The molecule has 0 aliphatic carbocycles. The van der Waals surface area contributed by atoms with Gasteiger partial charge in [-0.3, -0.25) is 4.79 Å². The third-order valence-electron chi connectivity index (χ3n) is 5.15. The molecule has 0 bridgehead atoms. The van der Waals surface area contributed by atoms with E-state index < -0.39 is 30.2 Å². The van der Waals surface area contributed by atoms with Gasteiger partial charge >= 0.3 is 12.1 Å². The van der Waals surface area contributed by atoms with Crippen LogP contribution in [0.15, 0.2) is 60.7 Å². The zero-order valence-corrected chi connectivity index (χ0v) is 16.5. The molecule has 0 atom stereocenters. The van der Waals surface area contributed by atoms with Gasteiger partial charge in [0, 0.05) is 17.5 Å². The lowest BCUT2D eigenvalue weighted by Gasteiger charge is -2.15. The molecule has 0 unspecified atom stereocenters. The van der Waals surface area contributed by atoms with E-state index in [0.29, 0.717) is 21.8 Å². The zero-order valence-electron chi connectivity index (χ0n) is 16.5. The first kappa shape index (κ1) is 21.2. The molecule has 0 saturated heterocycles. The molecule has 0 aliphatic heterocycles. The number of ether oxygens (including phenoxy) is 1. The Labute approximate surface area is 179 Å². The number of hydrogen-bond acceptors (Lipinski definition) is 3. The first-order chi connectivity index (χ1) is 15.2. The summed E-state index contributed by atoms with van der Waals surface area (Å²) < 4.78 is 47.8. The summed E-state index contributed by atoms with van der Waals surface area (Å²) in [5.41, 5.74) is 5.94. The van der Waals surface area contributed by atoms with E-state index in [1.54, 1.807) is 28.8 Å². The number of hydrogen-bond donors (Lipinski definition) is 2. The monoisotopic (exact) mass is 442 g/mol.